The van der Waals surface area contributed by atoms with E-state index < -0.39 is 0 Å². The Morgan fingerprint density at radius 2 is 1.63 bits per heavy atom. The van der Waals surface area contributed by atoms with Gasteiger partial charge in [0.15, 0.2) is 0 Å². The molecule has 3 rings (SSSR count). The molecule has 0 aliphatic rings. The molecule has 0 aliphatic carbocycles. The van der Waals surface area contributed by atoms with Crippen molar-refractivity contribution in [3.8, 4) is 5.75 Å². The van der Waals surface area contributed by atoms with Crippen molar-refractivity contribution in [2.45, 2.75) is 13.3 Å². The van der Waals surface area contributed by atoms with Crippen LogP contribution in [0.4, 0.5) is 5.69 Å². The van der Waals surface area contributed by atoms with Crippen LogP contribution < -0.4 is 10.1 Å². The molecular formula is C24H23NO2. The third-order valence-corrected chi connectivity index (χ3v) is 4.22. The van der Waals surface area contributed by atoms with Gasteiger partial charge in [-0.2, -0.15) is 0 Å². The molecular weight excluding hydrogens is 334 g/mol. The van der Waals surface area contributed by atoms with Gasteiger partial charge in [0.1, 0.15) is 5.75 Å². The van der Waals surface area contributed by atoms with E-state index in [4.69, 9.17) is 4.74 Å². The van der Waals surface area contributed by atoms with E-state index in [2.05, 4.69) is 36.5 Å². The van der Waals surface area contributed by atoms with Crippen LogP contribution in [0.25, 0.3) is 12.2 Å². The Hall–Kier alpha value is -3.33. The molecule has 0 aliphatic heterocycles. The standard InChI is InChI=1S/C24H23NO2/c1-18-7-5-8-19(15-18)13-14-20-9-6-11-22(16-20)25-24(26)17-21-10-3-4-12-23(21)27-2/h3-16H,17H2,1-2H3,(H,25,26)/b14-13+. The summed E-state index contributed by atoms with van der Waals surface area (Å²) >= 11 is 0. The van der Waals surface area contributed by atoms with Crippen LogP contribution >= 0.6 is 0 Å². The predicted octanol–water partition coefficient (Wildman–Crippen LogP) is 5.36. The van der Waals surface area contributed by atoms with Gasteiger partial charge in [-0.05, 0) is 36.2 Å². The lowest BCUT2D eigenvalue weighted by Gasteiger charge is -2.09. The van der Waals surface area contributed by atoms with Gasteiger partial charge in [0.2, 0.25) is 5.91 Å². The fourth-order valence-corrected chi connectivity index (χ4v) is 2.91. The number of para-hydroxylation sites is 1. The number of carbonyl (C=O) groups is 1. The van der Waals surface area contributed by atoms with Crippen molar-refractivity contribution in [1.29, 1.82) is 0 Å². The minimum absolute atomic E-state index is 0.0701. The molecule has 3 aromatic carbocycles. The van der Waals surface area contributed by atoms with Gasteiger partial charge in [-0.1, -0.05) is 72.3 Å². The number of ether oxygens (including phenoxy) is 1. The first kappa shape index (κ1) is 18.5. The van der Waals surface area contributed by atoms with Gasteiger partial charge >= 0.3 is 0 Å². The molecule has 3 heteroatoms. The molecule has 0 spiro atoms. The van der Waals surface area contributed by atoms with Crippen LogP contribution in [0.5, 0.6) is 5.75 Å². The quantitative estimate of drug-likeness (QED) is 0.604. The molecule has 0 heterocycles. The zero-order chi connectivity index (χ0) is 19.1. The van der Waals surface area contributed by atoms with Crippen molar-refractivity contribution >= 4 is 23.7 Å². The Kier molecular flexibility index (Phi) is 6.06. The number of amides is 1. The van der Waals surface area contributed by atoms with Crippen LogP contribution in [-0.2, 0) is 11.2 Å². The fourth-order valence-electron chi connectivity index (χ4n) is 2.91. The Balaban J connectivity index is 1.67. The zero-order valence-electron chi connectivity index (χ0n) is 15.6. The van der Waals surface area contributed by atoms with Crippen LogP contribution in [-0.4, -0.2) is 13.0 Å². The van der Waals surface area contributed by atoms with Crippen LogP contribution in [0.15, 0.2) is 72.8 Å². The normalized spacial score (nSPS) is 10.7. The fraction of sp³-hybridized carbons (Fsp3) is 0.125. The number of rotatable bonds is 6. The Bertz CT molecular complexity index is 960. The molecule has 1 amide bonds. The average molecular weight is 357 g/mol. The third-order valence-electron chi connectivity index (χ3n) is 4.22. The molecule has 0 saturated heterocycles. The summed E-state index contributed by atoms with van der Waals surface area (Å²) in [6.07, 6.45) is 4.39. The third kappa shape index (κ3) is 5.32. The molecule has 3 nitrogen and oxygen atoms in total. The maximum atomic E-state index is 12.4. The number of aryl methyl sites for hydroxylation is 1. The van der Waals surface area contributed by atoms with Gasteiger partial charge in [-0.25, -0.2) is 0 Å². The SMILES string of the molecule is COc1ccccc1CC(=O)Nc1cccc(/C=C/c2cccc(C)c2)c1. The molecule has 27 heavy (non-hydrogen) atoms. The molecule has 0 radical (unpaired) electrons. The highest BCUT2D eigenvalue weighted by molar-refractivity contribution is 5.93. The zero-order valence-corrected chi connectivity index (χ0v) is 15.6. The molecule has 136 valence electrons. The van der Waals surface area contributed by atoms with Gasteiger partial charge in [0.05, 0.1) is 13.5 Å². The summed E-state index contributed by atoms with van der Waals surface area (Å²) in [4.78, 5) is 12.4. The van der Waals surface area contributed by atoms with Crippen molar-refractivity contribution in [2.75, 3.05) is 12.4 Å². The second kappa shape index (κ2) is 8.86. The summed E-state index contributed by atoms with van der Waals surface area (Å²) in [6, 6.07) is 23.7. The first-order chi connectivity index (χ1) is 13.1. The summed E-state index contributed by atoms with van der Waals surface area (Å²) in [5, 5.41) is 2.96. The van der Waals surface area contributed by atoms with Gasteiger partial charge in [-0.3, -0.25) is 4.79 Å². The van der Waals surface area contributed by atoms with Crippen molar-refractivity contribution in [3.63, 3.8) is 0 Å². The summed E-state index contributed by atoms with van der Waals surface area (Å²) in [7, 11) is 1.61. The lowest BCUT2D eigenvalue weighted by Crippen LogP contribution is -2.14. The minimum Gasteiger partial charge on any atom is -0.496 e. The number of methoxy groups -OCH3 is 1. The van der Waals surface area contributed by atoms with E-state index in [0.717, 1.165) is 28.1 Å². The molecule has 0 aromatic heterocycles. The number of carbonyl (C=O) groups excluding carboxylic acids is 1. The van der Waals surface area contributed by atoms with Gasteiger partial charge in [0, 0.05) is 11.3 Å². The van der Waals surface area contributed by atoms with Gasteiger partial charge in [0.25, 0.3) is 0 Å². The van der Waals surface area contributed by atoms with Crippen LogP contribution in [0.2, 0.25) is 0 Å². The number of hydrogen-bond acceptors (Lipinski definition) is 2. The van der Waals surface area contributed by atoms with Crippen LogP contribution in [0, 0.1) is 6.92 Å². The first-order valence-corrected chi connectivity index (χ1v) is 8.90. The molecule has 1 N–H and O–H groups in total. The minimum atomic E-state index is -0.0701. The van der Waals surface area contributed by atoms with Crippen molar-refractivity contribution in [3.05, 3.63) is 95.1 Å². The van der Waals surface area contributed by atoms with E-state index in [-0.39, 0.29) is 12.3 Å². The molecule has 3 aromatic rings. The van der Waals surface area contributed by atoms with Crippen LogP contribution in [0.3, 0.4) is 0 Å². The maximum Gasteiger partial charge on any atom is 0.228 e. The van der Waals surface area contributed by atoms with E-state index in [9.17, 15) is 4.79 Å². The average Bonchev–Trinajstić information content (AvgIpc) is 2.67. The predicted molar refractivity (Wildman–Crippen MR) is 112 cm³/mol. The summed E-state index contributed by atoms with van der Waals surface area (Å²) < 4.78 is 5.31. The highest BCUT2D eigenvalue weighted by Crippen LogP contribution is 2.19. The highest BCUT2D eigenvalue weighted by Gasteiger charge is 2.08. The van der Waals surface area contributed by atoms with Crippen molar-refractivity contribution < 1.29 is 9.53 Å². The molecule has 0 fully saturated rings. The molecule has 0 atom stereocenters. The smallest absolute Gasteiger partial charge is 0.228 e. The Morgan fingerprint density at radius 3 is 2.37 bits per heavy atom. The maximum absolute atomic E-state index is 12.4. The van der Waals surface area contributed by atoms with Crippen LogP contribution in [0.1, 0.15) is 22.3 Å². The molecule has 0 bridgehead atoms. The Morgan fingerprint density at radius 1 is 0.926 bits per heavy atom. The first-order valence-electron chi connectivity index (χ1n) is 8.90. The largest absolute Gasteiger partial charge is 0.496 e. The van der Waals surface area contributed by atoms with Crippen molar-refractivity contribution in [2.24, 2.45) is 0 Å². The number of benzene rings is 3. The van der Waals surface area contributed by atoms with Gasteiger partial charge in [-0.15, -0.1) is 0 Å². The monoisotopic (exact) mass is 357 g/mol. The summed E-state index contributed by atoms with van der Waals surface area (Å²) in [6.45, 7) is 2.08. The number of anilines is 1. The second-order valence-electron chi connectivity index (χ2n) is 6.41. The van der Waals surface area contributed by atoms with E-state index in [0.29, 0.717) is 0 Å². The van der Waals surface area contributed by atoms with E-state index in [1.807, 2.05) is 60.7 Å². The lowest BCUT2D eigenvalue weighted by molar-refractivity contribution is -0.115. The highest BCUT2D eigenvalue weighted by atomic mass is 16.5. The van der Waals surface area contributed by atoms with E-state index in [1.54, 1.807) is 7.11 Å². The lowest BCUT2D eigenvalue weighted by atomic mass is 10.1. The van der Waals surface area contributed by atoms with Crippen molar-refractivity contribution in [1.82, 2.24) is 0 Å². The summed E-state index contributed by atoms with van der Waals surface area (Å²) in [5.41, 5.74) is 5.07. The number of nitrogens with one attached hydrogen (secondary N) is 1. The van der Waals surface area contributed by atoms with Gasteiger partial charge < -0.3 is 10.1 Å². The summed E-state index contributed by atoms with van der Waals surface area (Å²) in [5.74, 6) is 0.654. The molecule has 0 saturated carbocycles. The second-order valence-corrected chi connectivity index (χ2v) is 6.41. The van der Waals surface area contributed by atoms with E-state index >= 15 is 0 Å². The number of hydrogen-bond donors (Lipinski definition) is 1. The van der Waals surface area contributed by atoms with E-state index in [1.165, 1.54) is 5.56 Å². The topological polar surface area (TPSA) is 38.3 Å². The molecule has 0 unspecified atom stereocenters. The Labute approximate surface area is 160 Å².